The Morgan fingerprint density at radius 2 is 2.15 bits per heavy atom. The first-order valence-corrected chi connectivity index (χ1v) is 8.41. The number of alkyl halides is 1. The largest absolute Gasteiger partial charge is 0.388 e. The molecule has 0 saturated carbocycles. The molecule has 0 bridgehead atoms. The van der Waals surface area contributed by atoms with Gasteiger partial charge in [-0.15, -0.1) is 0 Å². The molecule has 0 spiro atoms. The fourth-order valence-electron chi connectivity index (χ4n) is 3.07. The average Bonchev–Trinajstić information content (AvgIpc) is 2.60. The third-order valence-electron chi connectivity index (χ3n) is 4.29. The van der Waals surface area contributed by atoms with E-state index in [1.807, 2.05) is 0 Å². The van der Waals surface area contributed by atoms with Crippen molar-refractivity contribution in [3.8, 4) is 6.07 Å². The maximum Gasteiger partial charge on any atom is 0.388 e. The number of nitrogens with zero attached hydrogens (tertiary/aromatic N) is 2. The zero-order chi connectivity index (χ0) is 19.1. The zero-order valence-corrected chi connectivity index (χ0v) is 14.5. The molecule has 0 aromatic carbocycles. The van der Waals surface area contributed by atoms with Gasteiger partial charge in [-0.25, -0.2) is 4.39 Å². The Morgan fingerprint density at radius 1 is 1.38 bits per heavy atom. The molecule has 0 aliphatic carbocycles. The van der Waals surface area contributed by atoms with Gasteiger partial charge in [0.05, 0.1) is 12.0 Å². The van der Waals surface area contributed by atoms with Gasteiger partial charge in [0.1, 0.15) is 12.7 Å². The summed E-state index contributed by atoms with van der Waals surface area (Å²) in [5, 5.41) is 2.20. The molecule has 0 radical (unpaired) electrons. The van der Waals surface area contributed by atoms with Crippen LogP contribution in [0.2, 0.25) is 0 Å². The van der Waals surface area contributed by atoms with Crippen LogP contribution in [0.25, 0.3) is 4.95 Å². The Labute approximate surface area is 149 Å². The van der Waals surface area contributed by atoms with Gasteiger partial charge >= 0.3 is 6.07 Å². The molecular weight excluding hydrogens is 346 g/mol. The van der Waals surface area contributed by atoms with Gasteiger partial charge in [-0.3, -0.25) is 19.7 Å². The third kappa shape index (κ3) is 4.45. The minimum atomic E-state index is -0.954. The molecule has 140 valence electrons. The van der Waals surface area contributed by atoms with E-state index in [2.05, 4.69) is 21.8 Å². The van der Waals surface area contributed by atoms with Crippen LogP contribution in [0.5, 0.6) is 0 Å². The van der Waals surface area contributed by atoms with E-state index in [-0.39, 0.29) is 37.0 Å². The van der Waals surface area contributed by atoms with Gasteiger partial charge in [-0.05, 0) is 31.8 Å². The predicted octanol–water partition coefficient (Wildman–Crippen LogP) is 1.39. The van der Waals surface area contributed by atoms with Crippen molar-refractivity contribution in [3.63, 3.8) is 0 Å². The molecule has 26 heavy (non-hydrogen) atoms. The van der Waals surface area contributed by atoms with Crippen LogP contribution in [-0.4, -0.2) is 48.9 Å². The molecule has 2 aliphatic rings. The highest BCUT2D eigenvalue weighted by atomic mass is 19.1. The molecule has 2 aliphatic heterocycles. The van der Waals surface area contributed by atoms with Gasteiger partial charge < -0.3 is 4.90 Å². The molecule has 3 amide bonds. The van der Waals surface area contributed by atoms with Crippen molar-refractivity contribution in [1.82, 2.24) is 15.6 Å². The second-order valence-electron chi connectivity index (χ2n) is 5.93. The van der Waals surface area contributed by atoms with Crippen LogP contribution in [0.3, 0.4) is 0 Å². The third-order valence-corrected chi connectivity index (χ3v) is 4.29. The van der Waals surface area contributed by atoms with Crippen molar-refractivity contribution in [2.24, 2.45) is 0 Å². The summed E-state index contributed by atoms with van der Waals surface area (Å²) in [6.45, 7) is -0.678. The summed E-state index contributed by atoms with van der Waals surface area (Å²) in [7, 11) is 1.47. The van der Waals surface area contributed by atoms with Crippen molar-refractivity contribution in [3.05, 3.63) is 28.0 Å². The van der Waals surface area contributed by atoms with E-state index in [0.29, 0.717) is 12.8 Å². The van der Waals surface area contributed by atoms with Crippen LogP contribution in [0.15, 0.2) is 23.0 Å². The number of nitrogens with one attached hydrogen (secondary N) is 2. The minimum Gasteiger partial charge on any atom is -0.327 e. The first-order valence-electron chi connectivity index (χ1n) is 8.41. The number of carbonyl (C=O) groups excluding carboxylic acids is 3. The Hall–Kier alpha value is -2.76. The van der Waals surface area contributed by atoms with E-state index in [1.54, 1.807) is 0 Å². The monoisotopic (exact) mass is 367 g/mol. The lowest BCUT2D eigenvalue weighted by Crippen LogP contribution is -2.55. The summed E-state index contributed by atoms with van der Waals surface area (Å²) in [6.07, 6.45) is 2.63. The number of piperidine rings is 1. The number of halogens is 2. The maximum atomic E-state index is 14.4. The van der Waals surface area contributed by atoms with E-state index < -0.39 is 36.3 Å². The van der Waals surface area contributed by atoms with Crippen LogP contribution in [0, 0.1) is 6.07 Å². The Kier molecular flexibility index (Phi) is 6.83. The van der Waals surface area contributed by atoms with Crippen LogP contribution in [0.1, 0.15) is 32.1 Å². The highest BCUT2D eigenvalue weighted by Crippen LogP contribution is 2.29. The number of hydrogen-bond acceptors (Lipinski definition) is 4. The summed E-state index contributed by atoms with van der Waals surface area (Å²) in [5.74, 6) is -2.44. The highest BCUT2D eigenvalue weighted by molar-refractivity contribution is 6.05. The molecule has 1 atom stereocenters. The van der Waals surface area contributed by atoms with E-state index in [0.717, 1.165) is 6.08 Å². The van der Waals surface area contributed by atoms with Crippen molar-refractivity contribution < 1.29 is 23.2 Å². The van der Waals surface area contributed by atoms with E-state index >= 15 is 0 Å². The number of rotatable bonds is 2. The summed E-state index contributed by atoms with van der Waals surface area (Å²) in [5.41, 5.74) is 2.25. The smallest absolute Gasteiger partial charge is 0.327 e. The topological polar surface area (TPSA) is 82.9 Å². The fraction of sp³-hybridized carbons (Fsp3) is 0.529. The quantitative estimate of drug-likeness (QED) is 0.334. The number of imide groups is 1. The second kappa shape index (κ2) is 9.08. The standard InChI is InChI=1S/C17H20F2N4O3/c1-20-21-10-13(19)11-4-2-3-9-23(17(26)12(11)7-8-18)14-5-6-15(24)22-16(14)25/h7,14,20H,2-6,8-9H2,1H3/p+1/b12-7+,13-11+. The van der Waals surface area contributed by atoms with Crippen molar-refractivity contribution >= 4 is 17.7 Å². The minimum absolute atomic E-state index is 0.0173. The molecule has 2 heterocycles. The molecule has 7 nitrogen and oxygen atoms in total. The number of allylic oxidation sites excluding steroid dienone is 2. The van der Waals surface area contributed by atoms with Gasteiger partial charge in [-0.1, -0.05) is 5.43 Å². The van der Waals surface area contributed by atoms with Crippen molar-refractivity contribution in [1.29, 1.82) is 0 Å². The number of amides is 3. The van der Waals surface area contributed by atoms with Crippen molar-refractivity contribution in [2.75, 3.05) is 20.3 Å². The maximum absolute atomic E-state index is 14.4. The van der Waals surface area contributed by atoms with Gasteiger partial charge in [0, 0.05) is 24.1 Å². The van der Waals surface area contributed by atoms with Crippen LogP contribution >= 0.6 is 0 Å². The van der Waals surface area contributed by atoms with E-state index in [9.17, 15) is 23.2 Å². The van der Waals surface area contributed by atoms with E-state index in [1.165, 1.54) is 11.9 Å². The lowest BCUT2D eigenvalue weighted by molar-refractivity contribution is -0.144. The molecule has 0 aromatic heterocycles. The molecular formula is C17H21F2N4O3+. The lowest BCUT2D eigenvalue weighted by atomic mass is 9.93. The summed E-state index contributed by atoms with van der Waals surface area (Å²) < 4.78 is 27.4. The number of carbonyl (C=O) groups is 3. The first-order chi connectivity index (χ1) is 12.5. The summed E-state index contributed by atoms with van der Waals surface area (Å²) in [4.78, 5) is 41.2. The average molecular weight is 367 g/mol. The molecule has 0 aromatic rings. The molecule has 2 saturated heterocycles. The molecule has 9 heteroatoms. The number of likely N-dealkylation sites (tertiary alicyclic amines) is 1. The fourth-order valence-corrected chi connectivity index (χ4v) is 3.07. The second-order valence-corrected chi connectivity index (χ2v) is 5.93. The Morgan fingerprint density at radius 3 is 2.81 bits per heavy atom. The SMILES string of the molecule is CN[N+]#C/C(F)=C1/CCCCN(C2CCC(=O)NC2=O)C(=O)/C1=C/CF. The lowest BCUT2D eigenvalue weighted by Gasteiger charge is -2.35. The number of hydrogen-bond donors (Lipinski definition) is 2. The molecule has 2 fully saturated rings. The zero-order valence-electron chi connectivity index (χ0n) is 14.5. The molecule has 1 unspecified atom stereocenters. The van der Waals surface area contributed by atoms with Gasteiger partial charge in [-0.2, -0.15) is 4.39 Å². The van der Waals surface area contributed by atoms with E-state index in [4.69, 9.17) is 0 Å². The summed E-state index contributed by atoms with van der Waals surface area (Å²) >= 11 is 0. The summed E-state index contributed by atoms with van der Waals surface area (Å²) in [6, 6.07) is 1.30. The predicted molar refractivity (Wildman–Crippen MR) is 90.2 cm³/mol. The van der Waals surface area contributed by atoms with Gasteiger partial charge in [0.2, 0.25) is 11.8 Å². The molecule has 2 N–H and O–H groups in total. The Bertz CT molecular complexity index is 721. The van der Waals surface area contributed by atoms with Gasteiger partial charge in [0.25, 0.3) is 11.7 Å². The highest BCUT2D eigenvalue weighted by Gasteiger charge is 2.37. The van der Waals surface area contributed by atoms with Crippen molar-refractivity contribution in [2.45, 2.75) is 38.1 Å². The van der Waals surface area contributed by atoms with Crippen LogP contribution < -0.4 is 10.7 Å². The molecule has 2 rings (SSSR count). The normalized spacial score (nSPS) is 25.0. The first kappa shape index (κ1) is 19.6. The Balaban J connectivity index is 2.40. The van der Waals surface area contributed by atoms with Gasteiger partial charge in [0.15, 0.2) is 0 Å². The van der Waals surface area contributed by atoms with Crippen LogP contribution in [-0.2, 0) is 14.4 Å². The van der Waals surface area contributed by atoms with Crippen LogP contribution in [0.4, 0.5) is 8.78 Å².